The maximum Gasteiger partial charge on any atom is 0.165 e. The second-order valence-corrected chi connectivity index (χ2v) is 17.0. The van der Waals surface area contributed by atoms with E-state index < -0.39 is 0 Å². The average Bonchev–Trinajstić information content (AvgIpc) is 4.03. The number of furan rings is 1. The number of para-hydroxylation sites is 3. The van der Waals surface area contributed by atoms with Gasteiger partial charge >= 0.3 is 0 Å². The lowest BCUT2D eigenvalue weighted by Crippen LogP contribution is -2.02. The third-order valence-corrected chi connectivity index (χ3v) is 13.5. The minimum atomic E-state index is 0.592. The fraction of sp³-hybridized carbons (Fsp3) is 0. The summed E-state index contributed by atoms with van der Waals surface area (Å²) in [6.07, 6.45) is 0. The molecule has 9 aromatic carbocycles. The quantitative estimate of drug-likeness (QED) is 0.168. The van der Waals surface area contributed by atoms with E-state index in [0.717, 1.165) is 77.6 Å². The Bertz CT molecular complexity index is 3810. The van der Waals surface area contributed by atoms with Crippen molar-refractivity contribution in [1.82, 2.24) is 19.5 Å². The number of hydrogen-bond donors (Lipinski definition) is 0. The van der Waals surface area contributed by atoms with Crippen LogP contribution in [0.15, 0.2) is 211 Å². The number of nitrogens with zero attached hydrogens (tertiary/aromatic N) is 4. The van der Waals surface area contributed by atoms with Crippen LogP contribution in [0, 0.1) is 0 Å². The van der Waals surface area contributed by atoms with Crippen LogP contribution in [0.5, 0.6) is 0 Å². The summed E-state index contributed by atoms with van der Waals surface area (Å²) in [5, 5.41) is 7.06. The second kappa shape index (κ2) is 14.2. The van der Waals surface area contributed by atoms with E-state index in [-0.39, 0.29) is 0 Å². The monoisotopic (exact) mass is 822 g/mol. The maximum absolute atomic E-state index is 6.51. The topological polar surface area (TPSA) is 56.7 Å². The molecular weight excluding hydrogens is 789 g/mol. The van der Waals surface area contributed by atoms with Crippen molar-refractivity contribution in [2.75, 3.05) is 0 Å². The number of thiophene rings is 1. The van der Waals surface area contributed by atoms with Crippen molar-refractivity contribution in [3.8, 4) is 62.1 Å². The number of rotatable bonds is 6. The molecule has 0 fully saturated rings. The molecule has 0 unspecified atom stereocenters. The van der Waals surface area contributed by atoms with Gasteiger partial charge in [0.05, 0.1) is 11.0 Å². The molecule has 5 nitrogen and oxygen atoms in total. The summed E-state index contributed by atoms with van der Waals surface area (Å²) < 4.78 is 11.4. The summed E-state index contributed by atoms with van der Waals surface area (Å²) in [5.41, 5.74) is 12.0. The highest BCUT2D eigenvalue weighted by Crippen LogP contribution is 2.48. The van der Waals surface area contributed by atoms with Crippen molar-refractivity contribution < 1.29 is 4.42 Å². The predicted molar refractivity (Wildman–Crippen MR) is 262 cm³/mol. The van der Waals surface area contributed by atoms with Crippen molar-refractivity contribution >= 4 is 75.3 Å². The summed E-state index contributed by atoms with van der Waals surface area (Å²) in [6.45, 7) is 0. The highest BCUT2D eigenvalue weighted by atomic mass is 32.1. The molecule has 0 saturated heterocycles. The largest absolute Gasteiger partial charge is 0.456 e. The Labute approximate surface area is 365 Å². The Morgan fingerprint density at radius 2 is 0.937 bits per heavy atom. The van der Waals surface area contributed by atoms with Gasteiger partial charge in [0.15, 0.2) is 17.5 Å². The van der Waals surface area contributed by atoms with Gasteiger partial charge < -0.3 is 8.98 Å². The number of aromatic nitrogens is 4. The number of benzene rings is 9. The van der Waals surface area contributed by atoms with E-state index in [9.17, 15) is 0 Å². The molecule has 63 heavy (non-hydrogen) atoms. The first kappa shape index (κ1) is 35.6. The van der Waals surface area contributed by atoms with E-state index in [1.54, 1.807) is 0 Å². The molecule has 0 amide bonds. The smallest absolute Gasteiger partial charge is 0.165 e. The second-order valence-electron chi connectivity index (χ2n) is 15.9. The van der Waals surface area contributed by atoms with Gasteiger partial charge in [-0.1, -0.05) is 158 Å². The zero-order valence-corrected chi connectivity index (χ0v) is 34.6. The zero-order chi connectivity index (χ0) is 41.4. The molecule has 0 atom stereocenters. The highest BCUT2D eigenvalue weighted by Gasteiger charge is 2.24. The Morgan fingerprint density at radius 1 is 0.365 bits per heavy atom. The first-order valence-corrected chi connectivity index (χ1v) is 21.9. The Morgan fingerprint density at radius 3 is 1.65 bits per heavy atom. The lowest BCUT2D eigenvalue weighted by molar-refractivity contribution is 0.669. The van der Waals surface area contributed by atoms with Gasteiger partial charge in [-0.25, -0.2) is 15.0 Å². The van der Waals surface area contributed by atoms with Gasteiger partial charge in [-0.2, -0.15) is 0 Å². The van der Waals surface area contributed by atoms with Crippen LogP contribution in [-0.2, 0) is 0 Å². The lowest BCUT2D eigenvalue weighted by Gasteiger charge is -2.18. The molecule has 4 heterocycles. The first-order valence-electron chi connectivity index (χ1n) is 21.1. The molecule has 294 valence electrons. The Kier molecular flexibility index (Phi) is 8.01. The van der Waals surface area contributed by atoms with Gasteiger partial charge in [-0.15, -0.1) is 11.3 Å². The molecule has 13 rings (SSSR count). The zero-order valence-electron chi connectivity index (χ0n) is 33.7. The van der Waals surface area contributed by atoms with Crippen LogP contribution in [0.1, 0.15) is 0 Å². The molecule has 0 aliphatic carbocycles. The molecule has 0 aliphatic rings. The molecule has 0 aliphatic heterocycles. The van der Waals surface area contributed by atoms with Crippen LogP contribution < -0.4 is 0 Å². The number of hydrogen-bond acceptors (Lipinski definition) is 5. The molecule has 6 heteroatoms. The minimum absolute atomic E-state index is 0.592. The summed E-state index contributed by atoms with van der Waals surface area (Å²) in [7, 11) is 0. The molecule has 0 spiro atoms. The van der Waals surface area contributed by atoms with Crippen LogP contribution in [0.2, 0.25) is 0 Å². The maximum atomic E-state index is 6.51. The van der Waals surface area contributed by atoms with Gasteiger partial charge in [-0.3, -0.25) is 0 Å². The van der Waals surface area contributed by atoms with Crippen molar-refractivity contribution in [2.45, 2.75) is 0 Å². The Hall–Kier alpha value is -8.19. The van der Waals surface area contributed by atoms with E-state index in [4.69, 9.17) is 19.4 Å². The minimum Gasteiger partial charge on any atom is -0.456 e. The van der Waals surface area contributed by atoms with E-state index >= 15 is 0 Å². The van der Waals surface area contributed by atoms with Crippen LogP contribution in [0.25, 0.3) is 126 Å². The van der Waals surface area contributed by atoms with E-state index in [2.05, 4.69) is 162 Å². The standard InChI is InChI=1S/C57H34N4OS/c1-3-16-35(17-4-1)55-58-56(36-18-5-2-6-19-36)60-57(59-55)53-39(37-30-31-43-42-22-9-13-28-50(42)62-51(43)32-37)24-15-25-45(53)47-34-38(33-46-44-23-10-14-29-52(44)63-54(46)47)61-48-26-11-7-20-40(48)41-21-8-12-27-49(41)61/h1-34H. The lowest BCUT2D eigenvalue weighted by atomic mass is 9.90. The molecule has 0 saturated carbocycles. The Balaban J connectivity index is 1.16. The summed E-state index contributed by atoms with van der Waals surface area (Å²) in [4.78, 5) is 15.9. The van der Waals surface area contributed by atoms with E-state index in [1.807, 2.05) is 59.9 Å². The van der Waals surface area contributed by atoms with Crippen molar-refractivity contribution in [2.24, 2.45) is 0 Å². The van der Waals surface area contributed by atoms with Crippen molar-refractivity contribution in [3.05, 3.63) is 206 Å². The van der Waals surface area contributed by atoms with Gasteiger partial charge in [-0.05, 0) is 65.2 Å². The predicted octanol–water partition coefficient (Wildman–Crippen LogP) is 15.6. The van der Waals surface area contributed by atoms with Gasteiger partial charge in [0.1, 0.15) is 11.2 Å². The molecule has 0 radical (unpaired) electrons. The first-order chi connectivity index (χ1) is 31.2. The molecule has 0 N–H and O–H groups in total. The molecule has 13 aromatic rings. The van der Waals surface area contributed by atoms with E-state index in [0.29, 0.717) is 17.5 Å². The molecule has 0 bridgehead atoms. The van der Waals surface area contributed by atoms with Crippen molar-refractivity contribution in [3.63, 3.8) is 0 Å². The fourth-order valence-electron chi connectivity index (χ4n) is 9.41. The van der Waals surface area contributed by atoms with Crippen molar-refractivity contribution in [1.29, 1.82) is 0 Å². The van der Waals surface area contributed by atoms with Gasteiger partial charge in [0.25, 0.3) is 0 Å². The average molecular weight is 823 g/mol. The SMILES string of the molecule is c1ccc(-c2nc(-c3ccccc3)nc(-c3c(-c4ccc5c(c4)oc4ccccc45)cccc3-c3cc(-n4c5ccccc5c5ccccc54)cc4c3sc3ccccc34)n2)cc1. The van der Waals surface area contributed by atoms with Crippen LogP contribution in [0.3, 0.4) is 0 Å². The van der Waals surface area contributed by atoms with Gasteiger partial charge in [0.2, 0.25) is 0 Å². The molecule has 4 aromatic heterocycles. The normalized spacial score (nSPS) is 11.8. The van der Waals surface area contributed by atoms with E-state index in [1.165, 1.54) is 30.9 Å². The van der Waals surface area contributed by atoms with Gasteiger partial charge in [0, 0.05) is 69.7 Å². The third-order valence-electron chi connectivity index (χ3n) is 12.3. The molecular formula is C57H34N4OS. The third kappa shape index (κ3) is 5.73. The highest BCUT2D eigenvalue weighted by molar-refractivity contribution is 7.26. The number of fused-ring (bicyclic) bond motifs is 9. The van der Waals surface area contributed by atoms with Crippen LogP contribution in [-0.4, -0.2) is 19.5 Å². The van der Waals surface area contributed by atoms with Crippen LogP contribution >= 0.6 is 11.3 Å². The summed E-state index contributed by atoms with van der Waals surface area (Å²) >= 11 is 1.83. The summed E-state index contributed by atoms with van der Waals surface area (Å²) in [5.74, 6) is 1.81. The summed E-state index contributed by atoms with van der Waals surface area (Å²) in [6, 6.07) is 72.7. The van der Waals surface area contributed by atoms with Crippen LogP contribution in [0.4, 0.5) is 0 Å². The fourth-order valence-corrected chi connectivity index (χ4v) is 10.6.